The number of hydrogen-bond donors (Lipinski definition) is 1. The first-order valence-corrected chi connectivity index (χ1v) is 10.6. The molecule has 1 aliphatic heterocycles. The van der Waals surface area contributed by atoms with Gasteiger partial charge in [0.05, 0.1) is 18.1 Å². The van der Waals surface area contributed by atoms with Gasteiger partial charge in [0.2, 0.25) is 21.8 Å². The molecule has 1 aliphatic carbocycles. The van der Waals surface area contributed by atoms with Crippen LogP contribution in [0.4, 0.5) is 5.69 Å². The molecule has 1 N–H and O–H groups in total. The van der Waals surface area contributed by atoms with Gasteiger partial charge in [-0.2, -0.15) is 0 Å². The number of carbonyl (C=O) groups is 2. The van der Waals surface area contributed by atoms with Crippen molar-refractivity contribution in [1.29, 1.82) is 0 Å². The number of para-hydroxylation sites is 1. The summed E-state index contributed by atoms with van der Waals surface area (Å²) in [6, 6.07) is 7.87. The lowest BCUT2D eigenvalue weighted by molar-refractivity contribution is -0.134. The van der Waals surface area contributed by atoms with Crippen LogP contribution in [0.5, 0.6) is 0 Å². The Balaban J connectivity index is 1.85. The van der Waals surface area contributed by atoms with Crippen LogP contribution in [0.3, 0.4) is 0 Å². The van der Waals surface area contributed by atoms with Gasteiger partial charge in [0.25, 0.3) is 0 Å². The van der Waals surface area contributed by atoms with Crippen LogP contribution in [-0.4, -0.2) is 32.5 Å². The van der Waals surface area contributed by atoms with E-state index in [1.807, 2.05) is 31.2 Å². The Labute approximate surface area is 148 Å². The van der Waals surface area contributed by atoms with Gasteiger partial charge in [-0.1, -0.05) is 31.0 Å². The van der Waals surface area contributed by atoms with Crippen molar-refractivity contribution in [2.45, 2.75) is 45.1 Å². The summed E-state index contributed by atoms with van der Waals surface area (Å²) in [6.45, 7) is 2.01. The molecule has 2 amide bonds. The van der Waals surface area contributed by atoms with Crippen LogP contribution in [0, 0.1) is 11.8 Å². The molecule has 0 radical (unpaired) electrons. The number of sulfonamides is 1. The van der Waals surface area contributed by atoms with E-state index in [0.717, 1.165) is 36.8 Å². The summed E-state index contributed by atoms with van der Waals surface area (Å²) in [5.74, 6) is -1.67. The Hall–Kier alpha value is -1.89. The molecule has 0 aromatic heterocycles. The Morgan fingerprint density at radius 2 is 1.76 bits per heavy atom. The van der Waals surface area contributed by atoms with Crippen molar-refractivity contribution < 1.29 is 18.0 Å². The number of amides is 2. The molecule has 7 heteroatoms. The quantitative estimate of drug-likeness (QED) is 0.887. The molecule has 3 unspecified atom stereocenters. The molecule has 1 fully saturated rings. The minimum atomic E-state index is -3.62. The molecule has 1 saturated carbocycles. The fraction of sp³-hybridized carbons (Fsp3) is 0.556. The van der Waals surface area contributed by atoms with Gasteiger partial charge >= 0.3 is 0 Å². The number of nitrogens with one attached hydrogen (secondary N) is 1. The lowest BCUT2D eigenvalue weighted by Crippen LogP contribution is -2.48. The Morgan fingerprint density at radius 1 is 1.12 bits per heavy atom. The molecule has 25 heavy (non-hydrogen) atoms. The minimum absolute atomic E-state index is 0.0467. The van der Waals surface area contributed by atoms with Crippen LogP contribution in [0.15, 0.2) is 24.3 Å². The summed E-state index contributed by atoms with van der Waals surface area (Å²) in [7, 11) is -3.62. The number of fused-ring (bicyclic) bond motifs is 1. The third-order valence-electron chi connectivity index (χ3n) is 5.15. The van der Waals surface area contributed by atoms with E-state index >= 15 is 0 Å². The van der Waals surface area contributed by atoms with E-state index in [4.69, 9.17) is 0 Å². The minimum Gasteiger partial charge on any atom is -0.309 e. The molecular weight excluding hydrogens is 340 g/mol. The number of anilines is 1. The van der Waals surface area contributed by atoms with Crippen LogP contribution in [0.2, 0.25) is 0 Å². The average molecular weight is 364 g/mol. The van der Waals surface area contributed by atoms with Gasteiger partial charge in [0.1, 0.15) is 0 Å². The van der Waals surface area contributed by atoms with E-state index in [1.54, 1.807) is 4.90 Å². The monoisotopic (exact) mass is 364 g/mol. The first kappa shape index (κ1) is 17.9. The van der Waals surface area contributed by atoms with Crippen molar-refractivity contribution in [2.75, 3.05) is 11.2 Å². The maximum Gasteiger partial charge on any atom is 0.237 e. The molecule has 0 bridgehead atoms. The fourth-order valence-corrected chi connectivity index (χ4v) is 4.60. The Kier molecular flexibility index (Phi) is 4.86. The highest BCUT2D eigenvalue weighted by Crippen LogP contribution is 2.38. The third-order valence-corrected chi connectivity index (χ3v) is 5.72. The zero-order chi connectivity index (χ0) is 18.2. The number of rotatable bonds is 3. The molecule has 6 nitrogen and oxygen atoms in total. The van der Waals surface area contributed by atoms with Gasteiger partial charge < -0.3 is 4.90 Å². The average Bonchev–Trinajstić information content (AvgIpc) is 2.88. The topological polar surface area (TPSA) is 83.6 Å². The van der Waals surface area contributed by atoms with Gasteiger partial charge in [-0.15, -0.1) is 0 Å². The maximum absolute atomic E-state index is 13.3. The van der Waals surface area contributed by atoms with Crippen LogP contribution in [0.1, 0.15) is 38.2 Å². The molecule has 2 aliphatic rings. The van der Waals surface area contributed by atoms with Gasteiger partial charge in [-0.05, 0) is 37.8 Å². The highest BCUT2D eigenvalue weighted by Gasteiger charge is 2.42. The SMILES string of the molecule is CC1Cc2ccccc2N1C(=O)C1CCCCC1C(=O)NS(C)(=O)=O. The van der Waals surface area contributed by atoms with Crippen molar-refractivity contribution in [3.05, 3.63) is 29.8 Å². The van der Waals surface area contributed by atoms with Gasteiger partial charge in [0.15, 0.2) is 0 Å². The number of hydrogen-bond acceptors (Lipinski definition) is 4. The van der Waals surface area contributed by atoms with E-state index < -0.39 is 27.8 Å². The molecule has 1 aromatic carbocycles. The number of nitrogens with zero attached hydrogens (tertiary/aromatic N) is 1. The van der Waals surface area contributed by atoms with E-state index in [0.29, 0.717) is 12.8 Å². The van der Waals surface area contributed by atoms with Crippen molar-refractivity contribution in [1.82, 2.24) is 4.72 Å². The van der Waals surface area contributed by atoms with Crippen molar-refractivity contribution in [3.63, 3.8) is 0 Å². The fourth-order valence-electron chi connectivity index (χ4n) is 4.08. The number of benzene rings is 1. The standard InChI is InChI=1S/C18H24N2O4S/c1-12-11-13-7-3-6-10-16(13)20(12)18(22)15-9-5-4-8-14(15)17(21)19-25(2,23)24/h3,6-7,10,12,14-15H,4-5,8-9,11H2,1-2H3,(H,19,21). The Morgan fingerprint density at radius 3 is 2.44 bits per heavy atom. The Bertz CT molecular complexity index is 790. The summed E-state index contributed by atoms with van der Waals surface area (Å²) >= 11 is 0. The highest BCUT2D eigenvalue weighted by atomic mass is 32.2. The van der Waals surface area contributed by atoms with Gasteiger partial charge in [0, 0.05) is 11.7 Å². The summed E-state index contributed by atoms with van der Waals surface area (Å²) in [5, 5.41) is 0. The second-order valence-electron chi connectivity index (χ2n) is 7.13. The lowest BCUT2D eigenvalue weighted by atomic mass is 9.78. The van der Waals surface area contributed by atoms with Crippen molar-refractivity contribution in [3.8, 4) is 0 Å². The van der Waals surface area contributed by atoms with E-state index in [1.165, 1.54) is 0 Å². The number of carbonyl (C=O) groups excluding carboxylic acids is 2. The lowest BCUT2D eigenvalue weighted by Gasteiger charge is -2.34. The van der Waals surface area contributed by atoms with Crippen molar-refractivity contribution in [2.24, 2.45) is 11.8 Å². The smallest absolute Gasteiger partial charge is 0.237 e. The summed E-state index contributed by atoms with van der Waals surface area (Å²) < 4.78 is 24.9. The van der Waals surface area contributed by atoms with Crippen LogP contribution < -0.4 is 9.62 Å². The van der Waals surface area contributed by atoms with Gasteiger partial charge in [-0.3, -0.25) is 14.3 Å². The van der Waals surface area contributed by atoms with Crippen LogP contribution >= 0.6 is 0 Å². The van der Waals surface area contributed by atoms with Crippen molar-refractivity contribution >= 4 is 27.5 Å². The molecule has 3 atom stereocenters. The van der Waals surface area contributed by atoms with Gasteiger partial charge in [-0.25, -0.2) is 8.42 Å². The zero-order valence-electron chi connectivity index (χ0n) is 14.6. The second kappa shape index (κ2) is 6.78. The van der Waals surface area contributed by atoms with Crippen LogP contribution in [0.25, 0.3) is 0 Å². The predicted molar refractivity (Wildman–Crippen MR) is 95.5 cm³/mol. The second-order valence-corrected chi connectivity index (χ2v) is 8.87. The predicted octanol–water partition coefficient (Wildman–Crippen LogP) is 1.85. The molecule has 1 aromatic rings. The molecule has 0 spiro atoms. The first-order chi connectivity index (χ1) is 11.8. The first-order valence-electron chi connectivity index (χ1n) is 8.70. The summed E-state index contributed by atoms with van der Waals surface area (Å²) in [5.41, 5.74) is 2.05. The molecule has 136 valence electrons. The zero-order valence-corrected chi connectivity index (χ0v) is 15.4. The summed E-state index contributed by atoms with van der Waals surface area (Å²) in [6.07, 6.45) is 4.63. The van der Waals surface area contributed by atoms with Crippen LogP contribution in [-0.2, 0) is 26.0 Å². The largest absolute Gasteiger partial charge is 0.309 e. The normalized spacial score (nSPS) is 26.2. The highest BCUT2D eigenvalue weighted by molar-refractivity contribution is 7.89. The maximum atomic E-state index is 13.3. The van der Waals surface area contributed by atoms with E-state index in [9.17, 15) is 18.0 Å². The third kappa shape index (κ3) is 3.71. The van der Waals surface area contributed by atoms with E-state index in [-0.39, 0.29) is 11.9 Å². The molecule has 0 saturated heterocycles. The summed E-state index contributed by atoms with van der Waals surface area (Å²) in [4.78, 5) is 27.5. The van der Waals surface area contributed by atoms with E-state index in [2.05, 4.69) is 4.72 Å². The molecule has 3 rings (SSSR count). The molecule has 1 heterocycles. The molecular formula is C18H24N2O4S.